The van der Waals surface area contributed by atoms with Gasteiger partial charge in [0.05, 0.1) is 0 Å². The first-order valence-electron chi connectivity index (χ1n) is 6.54. The summed E-state index contributed by atoms with van der Waals surface area (Å²) >= 11 is 5.46. The van der Waals surface area contributed by atoms with Gasteiger partial charge < -0.3 is 10.0 Å². The smallest absolute Gasteiger partial charge is 0.407 e. The minimum Gasteiger partial charge on any atom is -0.465 e. The van der Waals surface area contributed by atoms with E-state index in [1.54, 1.807) is 4.90 Å². The van der Waals surface area contributed by atoms with E-state index < -0.39 is 6.09 Å². The Balaban J connectivity index is 2.88. The van der Waals surface area contributed by atoms with Crippen LogP contribution < -0.4 is 0 Å². The molecule has 1 heterocycles. The largest absolute Gasteiger partial charge is 0.465 e. The molecule has 3 nitrogen and oxygen atoms in total. The lowest BCUT2D eigenvalue weighted by Gasteiger charge is -2.44. The van der Waals surface area contributed by atoms with Crippen LogP contribution in [0.3, 0.4) is 0 Å². The van der Waals surface area contributed by atoms with Crippen LogP contribution in [0.5, 0.6) is 0 Å². The molecule has 0 spiro atoms. The van der Waals surface area contributed by atoms with Crippen LogP contribution in [0.2, 0.25) is 0 Å². The van der Waals surface area contributed by atoms with Gasteiger partial charge in [-0.1, -0.05) is 15.9 Å². The number of halogens is 1. The van der Waals surface area contributed by atoms with Crippen molar-refractivity contribution in [2.24, 2.45) is 5.92 Å². The average molecular weight is 338 g/mol. The van der Waals surface area contributed by atoms with E-state index in [2.05, 4.69) is 15.9 Å². The lowest BCUT2D eigenvalue weighted by Crippen LogP contribution is -2.54. The van der Waals surface area contributed by atoms with Crippen molar-refractivity contribution in [3.8, 4) is 0 Å². The molecule has 0 aromatic rings. The second-order valence-corrected chi connectivity index (χ2v) is 7.84. The molecule has 1 aliphatic rings. The third-order valence-corrected chi connectivity index (χ3v) is 4.98. The lowest BCUT2D eigenvalue weighted by molar-refractivity contribution is 0.0452. The Hall–Kier alpha value is 0.100. The van der Waals surface area contributed by atoms with E-state index in [1.807, 2.05) is 32.5 Å². The standard InChI is InChI=1S/C13H24BrNO2S/c1-13(2,3)15(12(16)17)11(4-7-14)10-5-8-18-9-6-10/h10-11H,4-9H2,1-3H3,(H,16,17). The van der Waals surface area contributed by atoms with Crippen LogP contribution in [0.25, 0.3) is 0 Å². The third-order valence-electron chi connectivity index (χ3n) is 3.48. The number of amides is 1. The molecule has 1 atom stereocenters. The molecule has 1 rings (SSSR count). The molecule has 1 unspecified atom stereocenters. The van der Waals surface area contributed by atoms with Gasteiger partial charge in [-0.2, -0.15) is 11.8 Å². The van der Waals surface area contributed by atoms with Crippen molar-refractivity contribution in [1.82, 2.24) is 4.90 Å². The monoisotopic (exact) mass is 337 g/mol. The Morgan fingerprint density at radius 2 is 2.00 bits per heavy atom. The summed E-state index contributed by atoms with van der Waals surface area (Å²) in [6, 6.07) is 0.141. The minimum absolute atomic E-state index is 0.141. The number of nitrogens with zero attached hydrogens (tertiary/aromatic N) is 1. The Kier molecular flexibility index (Phi) is 6.31. The zero-order chi connectivity index (χ0) is 13.8. The maximum atomic E-state index is 11.6. The topological polar surface area (TPSA) is 40.5 Å². The molecule has 1 N–H and O–H groups in total. The van der Waals surface area contributed by atoms with Crippen molar-refractivity contribution in [2.75, 3.05) is 16.8 Å². The van der Waals surface area contributed by atoms with Crippen molar-refractivity contribution in [3.05, 3.63) is 0 Å². The molecule has 18 heavy (non-hydrogen) atoms. The second kappa shape index (κ2) is 7.04. The highest BCUT2D eigenvalue weighted by atomic mass is 79.9. The van der Waals surface area contributed by atoms with Crippen molar-refractivity contribution in [1.29, 1.82) is 0 Å². The highest BCUT2D eigenvalue weighted by molar-refractivity contribution is 9.09. The number of hydrogen-bond acceptors (Lipinski definition) is 2. The molecule has 1 saturated heterocycles. The summed E-state index contributed by atoms with van der Waals surface area (Å²) in [6.07, 6.45) is 2.40. The van der Waals surface area contributed by atoms with Crippen LogP contribution >= 0.6 is 27.7 Å². The summed E-state index contributed by atoms with van der Waals surface area (Å²) in [4.78, 5) is 13.3. The first-order valence-corrected chi connectivity index (χ1v) is 8.81. The minimum atomic E-state index is -0.785. The molecule has 0 radical (unpaired) electrons. The molecule has 106 valence electrons. The molecule has 0 bridgehead atoms. The fourth-order valence-corrected chi connectivity index (χ4v) is 4.33. The predicted octanol–water partition coefficient (Wildman–Crippen LogP) is 4.06. The van der Waals surface area contributed by atoms with Crippen molar-refractivity contribution in [2.45, 2.75) is 51.6 Å². The molecule has 1 amide bonds. The number of thioether (sulfide) groups is 1. The number of hydrogen-bond donors (Lipinski definition) is 1. The number of rotatable bonds is 4. The zero-order valence-corrected chi connectivity index (χ0v) is 13.9. The van der Waals surface area contributed by atoms with Crippen LogP contribution in [0, 0.1) is 5.92 Å². The number of carboxylic acid groups (broad SMARTS) is 1. The number of alkyl halides is 1. The summed E-state index contributed by atoms with van der Waals surface area (Å²) < 4.78 is 0. The predicted molar refractivity (Wildman–Crippen MR) is 81.9 cm³/mol. The van der Waals surface area contributed by atoms with Gasteiger partial charge in [-0.3, -0.25) is 0 Å². The first kappa shape index (κ1) is 16.2. The quantitative estimate of drug-likeness (QED) is 0.786. The summed E-state index contributed by atoms with van der Waals surface area (Å²) in [6.45, 7) is 5.96. The van der Waals surface area contributed by atoms with E-state index in [0.29, 0.717) is 5.92 Å². The number of carbonyl (C=O) groups is 1. The van der Waals surface area contributed by atoms with E-state index in [4.69, 9.17) is 0 Å². The van der Waals surface area contributed by atoms with Gasteiger partial charge >= 0.3 is 6.09 Å². The second-order valence-electron chi connectivity index (χ2n) is 5.82. The van der Waals surface area contributed by atoms with Gasteiger partial charge in [0.25, 0.3) is 0 Å². The maximum absolute atomic E-state index is 11.6. The molecule has 1 aliphatic heterocycles. The van der Waals surface area contributed by atoms with Crippen LogP contribution in [0.4, 0.5) is 4.79 Å². The van der Waals surface area contributed by atoms with E-state index in [9.17, 15) is 9.90 Å². The van der Waals surface area contributed by atoms with Crippen molar-refractivity contribution in [3.63, 3.8) is 0 Å². The SMILES string of the molecule is CC(C)(C)N(C(=O)O)C(CCBr)C1CCSCC1. The van der Waals surface area contributed by atoms with Crippen molar-refractivity contribution < 1.29 is 9.90 Å². The molecular weight excluding hydrogens is 314 g/mol. The molecular formula is C13H24BrNO2S. The van der Waals surface area contributed by atoms with Gasteiger partial charge in [0.15, 0.2) is 0 Å². The van der Waals surface area contributed by atoms with E-state index >= 15 is 0 Å². The van der Waals surface area contributed by atoms with Crippen LogP contribution in [0.1, 0.15) is 40.0 Å². The Labute approximate surface area is 123 Å². The van der Waals surface area contributed by atoms with Gasteiger partial charge in [-0.05, 0) is 57.5 Å². The molecule has 5 heteroatoms. The summed E-state index contributed by atoms with van der Waals surface area (Å²) in [5.74, 6) is 2.85. The molecule has 0 saturated carbocycles. The van der Waals surface area contributed by atoms with Crippen LogP contribution in [0.15, 0.2) is 0 Å². The van der Waals surface area contributed by atoms with Gasteiger partial charge in [0, 0.05) is 16.9 Å². The molecule has 1 fully saturated rings. The van der Waals surface area contributed by atoms with Crippen LogP contribution in [-0.2, 0) is 0 Å². The molecule has 0 aliphatic carbocycles. The first-order chi connectivity index (χ1) is 8.38. The van der Waals surface area contributed by atoms with Gasteiger partial charge in [0.1, 0.15) is 0 Å². The highest BCUT2D eigenvalue weighted by Gasteiger charge is 2.37. The Bertz CT molecular complexity index is 275. The highest BCUT2D eigenvalue weighted by Crippen LogP contribution is 2.33. The third kappa shape index (κ3) is 4.34. The van der Waals surface area contributed by atoms with E-state index in [0.717, 1.165) is 24.6 Å². The van der Waals surface area contributed by atoms with Gasteiger partial charge in [-0.25, -0.2) is 4.79 Å². The van der Waals surface area contributed by atoms with Gasteiger partial charge in [0.2, 0.25) is 0 Å². The Morgan fingerprint density at radius 1 is 1.44 bits per heavy atom. The Morgan fingerprint density at radius 3 is 2.39 bits per heavy atom. The average Bonchev–Trinajstić information content (AvgIpc) is 2.27. The molecule has 0 aromatic heterocycles. The maximum Gasteiger partial charge on any atom is 0.407 e. The molecule has 0 aromatic carbocycles. The summed E-state index contributed by atoms with van der Waals surface area (Å²) in [5, 5.41) is 10.4. The van der Waals surface area contributed by atoms with E-state index in [-0.39, 0.29) is 11.6 Å². The van der Waals surface area contributed by atoms with Gasteiger partial charge in [-0.15, -0.1) is 0 Å². The fraction of sp³-hybridized carbons (Fsp3) is 0.923. The summed E-state index contributed by atoms with van der Waals surface area (Å²) in [7, 11) is 0. The van der Waals surface area contributed by atoms with E-state index in [1.165, 1.54) is 11.5 Å². The normalized spacial score (nSPS) is 19.6. The van der Waals surface area contributed by atoms with Crippen molar-refractivity contribution >= 4 is 33.8 Å². The van der Waals surface area contributed by atoms with Crippen LogP contribution in [-0.4, -0.2) is 44.5 Å². The lowest BCUT2D eigenvalue weighted by atomic mass is 9.88. The fourth-order valence-electron chi connectivity index (χ4n) is 2.71. The summed E-state index contributed by atoms with van der Waals surface area (Å²) in [5.41, 5.74) is -0.330. The zero-order valence-electron chi connectivity index (χ0n) is 11.5.